The number of hydrogen-bond donors (Lipinski definition) is 5. The summed E-state index contributed by atoms with van der Waals surface area (Å²) in [6.07, 6.45) is 0.430. The third-order valence-electron chi connectivity index (χ3n) is 4.77. The minimum atomic E-state index is -1.16. The molecule has 0 bridgehead atoms. The van der Waals surface area contributed by atoms with Gasteiger partial charge in [-0.3, -0.25) is 9.59 Å². The van der Waals surface area contributed by atoms with Gasteiger partial charge in [0.05, 0.1) is 12.0 Å². The van der Waals surface area contributed by atoms with Crippen LogP contribution in [0.1, 0.15) is 40.0 Å². The number of rotatable bonds is 7. The largest absolute Gasteiger partial charge is 0.481 e. The Kier molecular flexibility index (Phi) is 6.80. The van der Waals surface area contributed by atoms with Gasteiger partial charge < -0.3 is 26.6 Å². The highest BCUT2D eigenvalue weighted by molar-refractivity contribution is 5.75. The molecule has 132 valence electrons. The van der Waals surface area contributed by atoms with Crippen LogP contribution in [0.4, 0.5) is 4.79 Å². The van der Waals surface area contributed by atoms with Crippen LogP contribution in [0.3, 0.4) is 0 Å². The summed E-state index contributed by atoms with van der Waals surface area (Å²) < 4.78 is 0. The zero-order chi connectivity index (χ0) is 17.7. The molecule has 1 aliphatic carbocycles. The van der Waals surface area contributed by atoms with Crippen LogP contribution in [0.25, 0.3) is 0 Å². The van der Waals surface area contributed by atoms with Crippen molar-refractivity contribution in [1.82, 2.24) is 10.6 Å². The standard InChI is InChI=1S/C15H27N3O5/c1-4-8(5-2)12(17-7(3)19)11-10(18-15(16)23)6-9(13(11)20)14(21)22/h8-13,20H,4-6H2,1-3H3,(H,17,19)(H,21,22)(H3,16,18,23)/t9-,10+,11+,12-,13+/m0/s1. The molecule has 0 aromatic carbocycles. The Balaban J connectivity index is 3.17. The van der Waals surface area contributed by atoms with Crippen molar-refractivity contribution in [3.8, 4) is 0 Å². The van der Waals surface area contributed by atoms with Gasteiger partial charge in [-0.1, -0.05) is 26.7 Å². The third kappa shape index (κ3) is 4.57. The number of primary amides is 1. The van der Waals surface area contributed by atoms with E-state index in [0.29, 0.717) is 0 Å². The molecule has 0 spiro atoms. The minimum absolute atomic E-state index is 0.0586. The number of hydrogen-bond acceptors (Lipinski definition) is 4. The normalized spacial score (nSPS) is 28.4. The van der Waals surface area contributed by atoms with Crippen molar-refractivity contribution < 1.29 is 24.6 Å². The van der Waals surface area contributed by atoms with Gasteiger partial charge in [-0.15, -0.1) is 0 Å². The fourth-order valence-corrected chi connectivity index (χ4v) is 3.68. The van der Waals surface area contributed by atoms with Crippen molar-refractivity contribution in [1.29, 1.82) is 0 Å². The fourth-order valence-electron chi connectivity index (χ4n) is 3.68. The van der Waals surface area contributed by atoms with E-state index in [1.165, 1.54) is 6.92 Å². The zero-order valence-corrected chi connectivity index (χ0v) is 13.8. The molecule has 8 heteroatoms. The van der Waals surface area contributed by atoms with E-state index < -0.39 is 42.0 Å². The third-order valence-corrected chi connectivity index (χ3v) is 4.77. The number of carbonyl (C=O) groups excluding carboxylic acids is 2. The van der Waals surface area contributed by atoms with Crippen LogP contribution in [0.15, 0.2) is 0 Å². The Bertz CT molecular complexity index is 452. The molecule has 6 N–H and O–H groups in total. The molecule has 0 unspecified atom stereocenters. The van der Waals surface area contributed by atoms with Gasteiger partial charge in [0.15, 0.2) is 0 Å². The molecule has 1 saturated carbocycles. The lowest BCUT2D eigenvalue weighted by molar-refractivity contribution is -0.145. The smallest absolute Gasteiger partial charge is 0.312 e. The maximum absolute atomic E-state index is 11.6. The number of carboxylic acids is 1. The lowest BCUT2D eigenvalue weighted by Gasteiger charge is -2.36. The summed E-state index contributed by atoms with van der Waals surface area (Å²) in [6.45, 7) is 5.31. The van der Waals surface area contributed by atoms with E-state index in [9.17, 15) is 24.6 Å². The summed E-state index contributed by atoms with van der Waals surface area (Å²) in [6, 6.07) is -1.80. The summed E-state index contributed by atoms with van der Waals surface area (Å²) in [5, 5.41) is 25.1. The van der Waals surface area contributed by atoms with Crippen LogP contribution in [0.2, 0.25) is 0 Å². The highest BCUT2D eigenvalue weighted by Crippen LogP contribution is 2.37. The van der Waals surface area contributed by atoms with Gasteiger partial charge in [0, 0.05) is 24.9 Å². The summed E-state index contributed by atoms with van der Waals surface area (Å²) in [5.41, 5.74) is 5.18. The first-order valence-electron chi connectivity index (χ1n) is 7.96. The fraction of sp³-hybridized carbons (Fsp3) is 0.800. The topological polar surface area (TPSA) is 142 Å². The van der Waals surface area contributed by atoms with E-state index in [1.807, 2.05) is 13.8 Å². The Morgan fingerprint density at radius 3 is 2.22 bits per heavy atom. The molecule has 23 heavy (non-hydrogen) atoms. The molecule has 1 fully saturated rings. The summed E-state index contributed by atoms with van der Waals surface area (Å²) in [5.74, 6) is -2.92. The Labute approximate surface area is 135 Å². The number of aliphatic hydroxyl groups excluding tert-OH is 1. The van der Waals surface area contributed by atoms with Crippen molar-refractivity contribution in [3.63, 3.8) is 0 Å². The summed E-state index contributed by atoms with van der Waals surface area (Å²) in [7, 11) is 0. The molecule has 3 amide bonds. The van der Waals surface area contributed by atoms with Crippen LogP contribution in [-0.4, -0.2) is 46.3 Å². The van der Waals surface area contributed by atoms with Gasteiger partial charge in [0.2, 0.25) is 5.91 Å². The quantitative estimate of drug-likeness (QED) is 0.448. The van der Waals surface area contributed by atoms with E-state index in [-0.39, 0.29) is 18.2 Å². The molecule has 0 heterocycles. The number of carbonyl (C=O) groups is 3. The molecule has 5 atom stereocenters. The highest BCUT2D eigenvalue weighted by Gasteiger charge is 2.51. The second kappa shape index (κ2) is 8.14. The van der Waals surface area contributed by atoms with E-state index in [2.05, 4.69) is 10.6 Å². The molecule has 1 rings (SSSR count). The molecule has 0 aromatic heterocycles. The molecule has 0 aromatic rings. The molecular formula is C15H27N3O5. The van der Waals surface area contributed by atoms with E-state index in [0.717, 1.165) is 12.8 Å². The monoisotopic (exact) mass is 329 g/mol. The van der Waals surface area contributed by atoms with Crippen molar-refractivity contribution in [2.45, 2.75) is 58.2 Å². The maximum atomic E-state index is 11.6. The Hall–Kier alpha value is -1.83. The Morgan fingerprint density at radius 2 is 1.83 bits per heavy atom. The number of nitrogens with two attached hydrogens (primary N) is 1. The number of carboxylic acid groups (broad SMARTS) is 1. The van der Waals surface area contributed by atoms with Crippen molar-refractivity contribution >= 4 is 17.9 Å². The SMILES string of the molecule is CCC(CC)[C@H](NC(C)=O)[C@@H]1[C@H](O)[C@@H](C(=O)O)C[C@H]1NC(N)=O. The predicted octanol–water partition coefficient (Wildman–Crippen LogP) is 0.0458. The number of aliphatic carboxylic acids is 1. The second-order valence-electron chi connectivity index (χ2n) is 6.17. The number of aliphatic hydroxyl groups is 1. The van der Waals surface area contributed by atoms with E-state index in [4.69, 9.17) is 5.73 Å². The van der Waals surface area contributed by atoms with Gasteiger partial charge in [-0.25, -0.2) is 4.79 Å². The van der Waals surface area contributed by atoms with Crippen LogP contribution in [0.5, 0.6) is 0 Å². The average Bonchev–Trinajstić information content (AvgIpc) is 2.74. The molecule has 8 nitrogen and oxygen atoms in total. The zero-order valence-electron chi connectivity index (χ0n) is 13.8. The van der Waals surface area contributed by atoms with Gasteiger partial charge in [-0.05, 0) is 12.3 Å². The molecule has 1 aliphatic rings. The first-order valence-corrected chi connectivity index (χ1v) is 7.96. The van der Waals surface area contributed by atoms with Crippen molar-refractivity contribution in [2.24, 2.45) is 23.5 Å². The number of urea groups is 1. The first-order chi connectivity index (χ1) is 10.7. The van der Waals surface area contributed by atoms with Gasteiger partial charge in [0.1, 0.15) is 0 Å². The summed E-state index contributed by atoms with van der Waals surface area (Å²) >= 11 is 0. The van der Waals surface area contributed by atoms with Gasteiger partial charge in [-0.2, -0.15) is 0 Å². The van der Waals surface area contributed by atoms with Crippen LogP contribution >= 0.6 is 0 Å². The molecule has 0 saturated heterocycles. The minimum Gasteiger partial charge on any atom is -0.481 e. The molecule has 0 aliphatic heterocycles. The number of nitrogens with one attached hydrogen (secondary N) is 2. The summed E-state index contributed by atoms with van der Waals surface area (Å²) in [4.78, 5) is 34.2. The van der Waals surface area contributed by atoms with Gasteiger partial charge >= 0.3 is 12.0 Å². The second-order valence-corrected chi connectivity index (χ2v) is 6.17. The van der Waals surface area contributed by atoms with Crippen LogP contribution in [-0.2, 0) is 9.59 Å². The van der Waals surface area contributed by atoms with E-state index >= 15 is 0 Å². The van der Waals surface area contributed by atoms with Crippen LogP contribution < -0.4 is 16.4 Å². The predicted molar refractivity (Wildman–Crippen MR) is 83.4 cm³/mol. The Morgan fingerprint density at radius 1 is 1.26 bits per heavy atom. The first kappa shape index (κ1) is 19.2. The molecule has 0 radical (unpaired) electrons. The highest BCUT2D eigenvalue weighted by atomic mass is 16.4. The lowest BCUT2D eigenvalue weighted by Crippen LogP contribution is -2.54. The van der Waals surface area contributed by atoms with Crippen molar-refractivity contribution in [2.75, 3.05) is 0 Å². The molecular weight excluding hydrogens is 302 g/mol. The van der Waals surface area contributed by atoms with Gasteiger partial charge in [0.25, 0.3) is 0 Å². The van der Waals surface area contributed by atoms with Crippen LogP contribution in [0, 0.1) is 17.8 Å². The van der Waals surface area contributed by atoms with Crippen molar-refractivity contribution in [3.05, 3.63) is 0 Å². The average molecular weight is 329 g/mol. The number of amides is 3. The van der Waals surface area contributed by atoms with E-state index in [1.54, 1.807) is 0 Å². The lowest BCUT2D eigenvalue weighted by atomic mass is 9.80. The maximum Gasteiger partial charge on any atom is 0.312 e.